The Labute approximate surface area is 182 Å². The van der Waals surface area contributed by atoms with Gasteiger partial charge in [0.15, 0.2) is 0 Å². The molecule has 31 heavy (non-hydrogen) atoms. The first kappa shape index (κ1) is 19.9. The molecule has 4 aromatic rings. The predicted molar refractivity (Wildman–Crippen MR) is 122 cm³/mol. The van der Waals surface area contributed by atoms with Crippen molar-refractivity contribution in [2.75, 3.05) is 13.1 Å². The van der Waals surface area contributed by atoms with Crippen molar-refractivity contribution < 1.29 is 0 Å². The molecule has 7 heteroatoms. The van der Waals surface area contributed by atoms with Gasteiger partial charge in [0.2, 0.25) is 0 Å². The van der Waals surface area contributed by atoms with Crippen molar-refractivity contribution in [2.45, 2.75) is 46.1 Å². The van der Waals surface area contributed by atoms with Crippen molar-refractivity contribution in [3.8, 4) is 11.4 Å². The van der Waals surface area contributed by atoms with Crippen molar-refractivity contribution in [1.29, 1.82) is 0 Å². The van der Waals surface area contributed by atoms with Gasteiger partial charge in [-0.2, -0.15) is 5.10 Å². The number of hydrogen-bond acceptors (Lipinski definition) is 5. The molecule has 5 rings (SSSR count). The summed E-state index contributed by atoms with van der Waals surface area (Å²) in [5.41, 5.74) is 6.43. The van der Waals surface area contributed by atoms with Crippen LogP contribution in [0.25, 0.3) is 22.3 Å². The van der Waals surface area contributed by atoms with E-state index in [0.29, 0.717) is 5.92 Å². The Morgan fingerprint density at radius 1 is 1.00 bits per heavy atom. The van der Waals surface area contributed by atoms with Crippen LogP contribution in [0.3, 0.4) is 0 Å². The van der Waals surface area contributed by atoms with E-state index in [1.165, 1.54) is 5.69 Å². The van der Waals surface area contributed by atoms with Crippen LogP contribution in [0.15, 0.2) is 30.3 Å². The number of hydrogen-bond donors (Lipinski definition) is 1. The third-order valence-corrected chi connectivity index (χ3v) is 6.57. The van der Waals surface area contributed by atoms with E-state index in [0.717, 1.165) is 77.8 Å². The number of piperidine rings is 1. The second-order valence-electron chi connectivity index (χ2n) is 8.65. The SMILES string of the molecule is Cc1nc(C)n(C)c1-c1cc(C2CCN(Cc3nc(C)c4ccccc4n3)CC2)[nH]n1. The van der Waals surface area contributed by atoms with Crippen LogP contribution in [0.2, 0.25) is 0 Å². The molecule has 0 saturated carbocycles. The highest BCUT2D eigenvalue weighted by Crippen LogP contribution is 2.31. The second-order valence-corrected chi connectivity index (χ2v) is 8.65. The summed E-state index contributed by atoms with van der Waals surface area (Å²) in [6.07, 6.45) is 2.22. The number of aromatic amines is 1. The van der Waals surface area contributed by atoms with Crippen LogP contribution < -0.4 is 0 Å². The van der Waals surface area contributed by atoms with E-state index < -0.39 is 0 Å². The Morgan fingerprint density at radius 3 is 2.52 bits per heavy atom. The van der Waals surface area contributed by atoms with E-state index in [2.05, 4.69) is 49.8 Å². The van der Waals surface area contributed by atoms with Crippen molar-refractivity contribution in [3.63, 3.8) is 0 Å². The van der Waals surface area contributed by atoms with Gasteiger partial charge < -0.3 is 4.57 Å². The molecule has 0 unspecified atom stereocenters. The number of benzene rings is 1. The van der Waals surface area contributed by atoms with Crippen LogP contribution >= 0.6 is 0 Å². The zero-order valence-corrected chi connectivity index (χ0v) is 18.7. The monoisotopic (exact) mass is 415 g/mol. The van der Waals surface area contributed by atoms with Gasteiger partial charge in [-0.15, -0.1) is 0 Å². The first-order valence-electron chi connectivity index (χ1n) is 11.0. The van der Waals surface area contributed by atoms with E-state index in [9.17, 15) is 0 Å². The lowest BCUT2D eigenvalue weighted by atomic mass is 9.93. The lowest BCUT2D eigenvalue weighted by Gasteiger charge is -2.30. The summed E-state index contributed by atoms with van der Waals surface area (Å²) in [5.74, 6) is 2.43. The molecule has 4 heterocycles. The van der Waals surface area contributed by atoms with E-state index >= 15 is 0 Å². The second kappa shape index (κ2) is 7.89. The maximum absolute atomic E-state index is 4.79. The van der Waals surface area contributed by atoms with Gasteiger partial charge in [-0.05, 0) is 58.8 Å². The third kappa shape index (κ3) is 3.74. The van der Waals surface area contributed by atoms with E-state index in [-0.39, 0.29) is 0 Å². The average Bonchev–Trinajstić information content (AvgIpc) is 3.33. The van der Waals surface area contributed by atoms with Crippen LogP contribution in [0.4, 0.5) is 0 Å². The lowest BCUT2D eigenvalue weighted by Crippen LogP contribution is -2.33. The average molecular weight is 416 g/mol. The molecule has 1 fully saturated rings. The summed E-state index contributed by atoms with van der Waals surface area (Å²) < 4.78 is 2.11. The van der Waals surface area contributed by atoms with Crippen LogP contribution in [0.5, 0.6) is 0 Å². The van der Waals surface area contributed by atoms with Crippen molar-refractivity contribution in [2.24, 2.45) is 7.05 Å². The quantitative estimate of drug-likeness (QED) is 0.544. The molecule has 1 aliphatic heterocycles. The van der Waals surface area contributed by atoms with Gasteiger partial charge >= 0.3 is 0 Å². The first-order chi connectivity index (χ1) is 15.0. The van der Waals surface area contributed by atoms with Gasteiger partial charge in [-0.3, -0.25) is 10.00 Å². The molecular weight excluding hydrogens is 386 g/mol. The van der Waals surface area contributed by atoms with Crippen LogP contribution in [0, 0.1) is 20.8 Å². The Balaban J connectivity index is 1.26. The van der Waals surface area contributed by atoms with E-state index in [4.69, 9.17) is 9.97 Å². The highest BCUT2D eigenvalue weighted by Gasteiger charge is 2.24. The Bertz CT molecular complexity index is 1230. The predicted octanol–water partition coefficient (Wildman–Crippen LogP) is 4.06. The summed E-state index contributed by atoms with van der Waals surface area (Å²) in [7, 11) is 2.05. The molecule has 0 atom stereocenters. The molecular formula is C24H29N7. The van der Waals surface area contributed by atoms with E-state index in [1.54, 1.807) is 0 Å². The zero-order valence-electron chi connectivity index (χ0n) is 18.7. The number of aryl methyl sites for hydroxylation is 3. The molecule has 0 amide bonds. The number of likely N-dealkylation sites (tertiary alicyclic amines) is 1. The van der Waals surface area contributed by atoms with Gasteiger partial charge in [-0.1, -0.05) is 18.2 Å². The molecule has 0 aliphatic carbocycles. The minimum absolute atomic E-state index is 0.506. The number of nitrogens with one attached hydrogen (secondary N) is 1. The molecule has 7 nitrogen and oxygen atoms in total. The topological polar surface area (TPSA) is 75.5 Å². The van der Waals surface area contributed by atoms with Crippen molar-refractivity contribution >= 4 is 10.9 Å². The summed E-state index contributed by atoms with van der Waals surface area (Å²) >= 11 is 0. The van der Waals surface area contributed by atoms with Gasteiger partial charge in [0, 0.05) is 29.7 Å². The number of H-pyrrole nitrogens is 1. The number of fused-ring (bicyclic) bond motifs is 1. The summed E-state index contributed by atoms with van der Waals surface area (Å²) in [4.78, 5) is 16.6. The Morgan fingerprint density at radius 2 is 1.77 bits per heavy atom. The van der Waals surface area contributed by atoms with Crippen LogP contribution in [-0.4, -0.2) is 47.7 Å². The van der Waals surface area contributed by atoms with E-state index in [1.807, 2.05) is 33.0 Å². The molecule has 3 aromatic heterocycles. The maximum Gasteiger partial charge on any atom is 0.143 e. The fraction of sp³-hybridized carbons (Fsp3) is 0.417. The summed E-state index contributed by atoms with van der Waals surface area (Å²) in [5, 5.41) is 9.04. The molecule has 1 aliphatic rings. The maximum atomic E-state index is 4.79. The van der Waals surface area contributed by atoms with Gasteiger partial charge in [0.25, 0.3) is 0 Å². The summed E-state index contributed by atoms with van der Waals surface area (Å²) in [6.45, 7) is 9.03. The molecule has 0 radical (unpaired) electrons. The number of aromatic nitrogens is 6. The van der Waals surface area contributed by atoms with Gasteiger partial charge in [0.1, 0.15) is 17.3 Å². The zero-order chi connectivity index (χ0) is 21.5. The highest BCUT2D eigenvalue weighted by atomic mass is 15.2. The number of rotatable bonds is 4. The molecule has 160 valence electrons. The third-order valence-electron chi connectivity index (χ3n) is 6.57. The molecule has 0 bridgehead atoms. The minimum atomic E-state index is 0.506. The lowest BCUT2D eigenvalue weighted by molar-refractivity contribution is 0.199. The smallest absolute Gasteiger partial charge is 0.143 e. The van der Waals surface area contributed by atoms with Crippen LogP contribution in [0.1, 0.15) is 47.5 Å². The fourth-order valence-corrected chi connectivity index (χ4v) is 4.77. The van der Waals surface area contributed by atoms with Gasteiger partial charge in [-0.25, -0.2) is 15.0 Å². The first-order valence-corrected chi connectivity index (χ1v) is 11.0. The number of nitrogens with zero attached hydrogens (tertiary/aromatic N) is 6. The Hall–Kier alpha value is -3.06. The number of imidazole rings is 1. The largest absolute Gasteiger partial charge is 0.330 e. The normalized spacial score (nSPS) is 15.7. The van der Waals surface area contributed by atoms with Gasteiger partial charge in [0.05, 0.1) is 23.4 Å². The van der Waals surface area contributed by atoms with Crippen LogP contribution in [-0.2, 0) is 13.6 Å². The summed E-state index contributed by atoms with van der Waals surface area (Å²) in [6, 6.07) is 10.4. The highest BCUT2D eigenvalue weighted by molar-refractivity contribution is 5.80. The number of para-hydroxylation sites is 1. The Kier molecular flexibility index (Phi) is 5.06. The molecule has 1 aromatic carbocycles. The standard InChI is InChI=1S/C24H29N7/c1-15-19-7-5-6-8-20(19)27-23(26-15)14-31-11-9-18(10-12-31)21-13-22(29-28-21)24-16(2)25-17(3)30(24)4/h5-8,13,18H,9-12,14H2,1-4H3,(H,28,29). The minimum Gasteiger partial charge on any atom is -0.330 e. The molecule has 1 N–H and O–H groups in total. The van der Waals surface area contributed by atoms with Crippen molar-refractivity contribution in [1.82, 2.24) is 34.6 Å². The van der Waals surface area contributed by atoms with Crippen molar-refractivity contribution in [3.05, 3.63) is 59.1 Å². The fourth-order valence-electron chi connectivity index (χ4n) is 4.77. The molecule has 0 spiro atoms. The molecule has 1 saturated heterocycles.